The fraction of sp³-hybridized carbons (Fsp3) is 0.412. The molecule has 1 heterocycles. The summed E-state index contributed by atoms with van der Waals surface area (Å²) in [6.45, 7) is 1.61. The van der Waals surface area contributed by atoms with Gasteiger partial charge in [-0.1, -0.05) is 12.1 Å². The first-order valence-electron chi connectivity index (χ1n) is 7.95. The van der Waals surface area contributed by atoms with Crippen molar-refractivity contribution in [3.05, 3.63) is 50.5 Å². The summed E-state index contributed by atoms with van der Waals surface area (Å²) in [6, 6.07) is 5.86. The zero-order chi connectivity index (χ0) is 18.4. The lowest BCUT2D eigenvalue weighted by Crippen LogP contribution is -2.38. The molecule has 2 unspecified atom stereocenters. The molecule has 2 atom stereocenters. The molecule has 3 rings (SSSR count). The van der Waals surface area contributed by atoms with Crippen molar-refractivity contribution in [2.24, 2.45) is 10.9 Å². The molecule has 0 aromatic heterocycles. The molecule has 0 saturated heterocycles. The maximum absolute atomic E-state index is 12.6. The summed E-state index contributed by atoms with van der Waals surface area (Å²) >= 11 is 0. The second kappa shape index (κ2) is 6.18. The van der Waals surface area contributed by atoms with Crippen LogP contribution in [0.1, 0.15) is 37.7 Å². The van der Waals surface area contributed by atoms with E-state index in [0.717, 1.165) is 6.26 Å². The lowest BCUT2D eigenvalue weighted by atomic mass is 9.72. The number of sulfone groups is 1. The number of aliphatic imine (C=N–C) groups is 1. The molecule has 1 aromatic carbocycles. The zero-order valence-corrected chi connectivity index (χ0v) is 14.7. The summed E-state index contributed by atoms with van der Waals surface area (Å²) in [6.07, 6.45) is 2.78. The van der Waals surface area contributed by atoms with Crippen LogP contribution in [0.3, 0.4) is 0 Å². The van der Waals surface area contributed by atoms with Crippen molar-refractivity contribution in [2.45, 2.75) is 32.1 Å². The Morgan fingerprint density at radius 2 is 1.96 bits per heavy atom. The van der Waals surface area contributed by atoms with Gasteiger partial charge >= 0.3 is 0 Å². The van der Waals surface area contributed by atoms with Crippen LogP contribution in [0.2, 0.25) is 0 Å². The maximum Gasteiger partial charge on any atom is 0.269 e. The fourth-order valence-corrected chi connectivity index (χ4v) is 5.08. The molecule has 7 nitrogen and oxygen atoms in total. The number of hydrogen-bond acceptors (Lipinski definition) is 6. The lowest BCUT2D eigenvalue weighted by molar-refractivity contribution is -0.384. The molecule has 1 aliphatic heterocycles. The molecule has 1 aliphatic carbocycles. The quantitative estimate of drug-likeness (QED) is 0.607. The third-order valence-electron chi connectivity index (χ3n) is 4.69. The van der Waals surface area contributed by atoms with Crippen LogP contribution in [-0.4, -0.2) is 31.1 Å². The molecular formula is C17H18N2O5S. The maximum atomic E-state index is 12.6. The Bertz CT molecular complexity index is 930. The molecule has 8 heteroatoms. The second-order valence-electron chi connectivity index (χ2n) is 6.45. The van der Waals surface area contributed by atoms with Crippen molar-refractivity contribution in [2.75, 3.05) is 6.26 Å². The Morgan fingerprint density at radius 1 is 1.24 bits per heavy atom. The molecule has 0 amide bonds. The molecule has 0 bridgehead atoms. The predicted molar refractivity (Wildman–Crippen MR) is 93.2 cm³/mol. The third-order valence-corrected chi connectivity index (χ3v) is 6.03. The molecule has 25 heavy (non-hydrogen) atoms. The van der Waals surface area contributed by atoms with Gasteiger partial charge < -0.3 is 0 Å². The lowest BCUT2D eigenvalue weighted by Gasteiger charge is -2.35. The Hall–Kier alpha value is -2.35. The summed E-state index contributed by atoms with van der Waals surface area (Å²) in [4.78, 5) is 27.6. The summed E-state index contributed by atoms with van der Waals surface area (Å²) in [5.74, 6) is -1.48. The molecule has 1 aromatic rings. The van der Waals surface area contributed by atoms with Crippen LogP contribution < -0.4 is 0 Å². The molecule has 132 valence electrons. The number of nitrogens with zero attached hydrogens (tertiary/aromatic N) is 2. The largest absolute Gasteiger partial charge is 0.299 e. The number of Topliss-reactive ketones (excluding diaryl/α,β-unsaturated/α-hetero) is 1. The molecule has 0 radical (unpaired) electrons. The first kappa shape index (κ1) is 17.5. The Morgan fingerprint density at radius 3 is 2.60 bits per heavy atom. The van der Waals surface area contributed by atoms with Gasteiger partial charge in [0.2, 0.25) is 0 Å². The fourth-order valence-electron chi connectivity index (χ4n) is 3.77. The van der Waals surface area contributed by atoms with Crippen molar-refractivity contribution in [3.63, 3.8) is 0 Å². The zero-order valence-electron chi connectivity index (χ0n) is 13.9. The molecule has 0 spiro atoms. The number of rotatable bonds is 3. The monoisotopic (exact) mass is 362 g/mol. The average molecular weight is 362 g/mol. The number of allylic oxidation sites excluding steroid dienone is 2. The van der Waals surface area contributed by atoms with Gasteiger partial charge in [-0.15, -0.1) is 0 Å². The highest BCUT2D eigenvalue weighted by atomic mass is 32.2. The standard InChI is InChI=1S/C17H18N2O5S/c1-10-17(25(2,23)24)15(11-5-3-6-12(9-11)19(21)22)16-13(18-10)7-4-8-14(16)20/h3,5-6,9,15-16H,4,7-8H2,1-2H3. The highest BCUT2D eigenvalue weighted by Gasteiger charge is 2.44. The van der Waals surface area contributed by atoms with E-state index in [9.17, 15) is 23.3 Å². The molecular weight excluding hydrogens is 344 g/mol. The van der Waals surface area contributed by atoms with Crippen molar-refractivity contribution in [1.82, 2.24) is 0 Å². The summed E-state index contributed by atoms with van der Waals surface area (Å²) in [5, 5.41) is 11.1. The normalized spacial score (nSPS) is 23.9. The van der Waals surface area contributed by atoms with Gasteiger partial charge in [-0.2, -0.15) is 0 Å². The van der Waals surface area contributed by atoms with E-state index < -0.39 is 26.6 Å². The van der Waals surface area contributed by atoms with E-state index in [0.29, 0.717) is 36.2 Å². The van der Waals surface area contributed by atoms with Gasteiger partial charge in [0, 0.05) is 36.4 Å². The minimum Gasteiger partial charge on any atom is -0.299 e. The van der Waals surface area contributed by atoms with Crippen LogP contribution in [0.5, 0.6) is 0 Å². The van der Waals surface area contributed by atoms with Gasteiger partial charge in [-0.25, -0.2) is 8.42 Å². The van der Waals surface area contributed by atoms with E-state index in [2.05, 4.69) is 4.99 Å². The number of fused-ring (bicyclic) bond motifs is 1. The van der Waals surface area contributed by atoms with E-state index in [1.54, 1.807) is 13.0 Å². The number of carbonyl (C=O) groups is 1. The van der Waals surface area contributed by atoms with E-state index in [4.69, 9.17) is 0 Å². The van der Waals surface area contributed by atoms with Crippen LogP contribution in [-0.2, 0) is 14.6 Å². The van der Waals surface area contributed by atoms with Crippen LogP contribution in [0, 0.1) is 16.0 Å². The van der Waals surface area contributed by atoms with Gasteiger partial charge in [0.25, 0.3) is 5.69 Å². The minimum atomic E-state index is -3.63. The average Bonchev–Trinajstić information content (AvgIpc) is 2.52. The molecule has 1 fully saturated rings. The van der Waals surface area contributed by atoms with Gasteiger partial charge in [0.1, 0.15) is 5.78 Å². The number of non-ortho nitro benzene ring substituents is 1. The molecule has 0 N–H and O–H groups in total. The SMILES string of the molecule is CC1=C(S(C)(=O)=O)C(c2cccc([N+](=O)[O-])c2)C2C(=O)CCCC2=N1. The number of hydrogen-bond donors (Lipinski definition) is 0. The summed E-state index contributed by atoms with van der Waals surface area (Å²) in [7, 11) is -3.63. The van der Waals surface area contributed by atoms with Gasteiger partial charge in [-0.3, -0.25) is 19.9 Å². The van der Waals surface area contributed by atoms with E-state index in [1.807, 2.05) is 0 Å². The first-order valence-corrected chi connectivity index (χ1v) is 9.84. The van der Waals surface area contributed by atoms with Crippen molar-refractivity contribution >= 4 is 27.0 Å². The van der Waals surface area contributed by atoms with Crippen molar-refractivity contribution in [3.8, 4) is 0 Å². The Kier molecular flexibility index (Phi) is 4.32. The number of ketones is 1. The van der Waals surface area contributed by atoms with Crippen molar-refractivity contribution in [1.29, 1.82) is 0 Å². The molecule has 2 aliphatic rings. The van der Waals surface area contributed by atoms with Crippen molar-refractivity contribution < 1.29 is 18.1 Å². The number of nitro groups is 1. The van der Waals surface area contributed by atoms with Crippen LogP contribution in [0.15, 0.2) is 39.9 Å². The van der Waals surface area contributed by atoms with Gasteiger partial charge in [-0.05, 0) is 25.3 Å². The highest BCUT2D eigenvalue weighted by molar-refractivity contribution is 7.94. The minimum absolute atomic E-state index is 0.0600. The van der Waals surface area contributed by atoms with Crippen LogP contribution in [0.25, 0.3) is 0 Å². The number of carbonyl (C=O) groups excluding carboxylic acids is 1. The number of benzene rings is 1. The highest BCUT2D eigenvalue weighted by Crippen LogP contribution is 2.44. The predicted octanol–water partition coefficient (Wildman–Crippen LogP) is 2.78. The van der Waals surface area contributed by atoms with E-state index >= 15 is 0 Å². The summed E-state index contributed by atoms with van der Waals surface area (Å²) < 4.78 is 24.8. The summed E-state index contributed by atoms with van der Waals surface area (Å²) in [5.41, 5.74) is 1.37. The number of nitro benzene ring substituents is 1. The van der Waals surface area contributed by atoms with E-state index in [1.165, 1.54) is 18.2 Å². The van der Waals surface area contributed by atoms with Gasteiger partial charge in [0.15, 0.2) is 9.84 Å². The third kappa shape index (κ3) is 3.13. The van der Waals surface area contributed by atoms with E-state index in [-0.39, 0.29) is 16.4 Å². The topological polar surface area (TPSA) is 107 Å². The Balaban J connectivity index is 2.25. The smallest absolute Gasteiger partial charge is 0.269 e. The Labute approximate surface area is 145 Å². The van der Waals surface area contributed by atoms with Gasteiger partial charge in [0.05, 0.1) is 21.4 Å². The van der Waals surface area contributed by atoms with Crippen LogP contribution in [0.4, 0.5) is 5.69 Å². The first-order chi connectivity index (χ1) is 11.7. The van der Waals surface area contributed by atoms with Crippen LogP contribution >= 0.6 is 0 Å². The second-order valence-corrected chi connectivity index (χ2v) is 8.44. The molecule has 1 saturated carbocycles.